The number of rotatable bonds is 12. The van der Waals surface area contributed by atoms with Gasteiger partial charge in [0, 0.05) is 40.7 Å². The second-order valence-corrected chi connectivity index (χ2v) is 18.7. The van der Waals surface area contributed by atoms with Gasteiger partial charge < -0.3 is 0 Å². The standard InChI is InChI=1S/C14H16I4S8/c15-1-5-19-9-10(20-6-2-16)24-13(23-9)14-25-11(21-7-3-17)12(26-14)22-8-4-18/h1-8H2. The third-order valence-electron chi connectivity index (χ3n) is 2.48. The summed E-state index contributed by atoms with van der Waals surface area (Å²) in [7, 11) is 0. The summed E-state index contributed by atoms with van der Waals surface area (Å²) in [6.07, 6.45) is 0. The minimum atomic E-state index is 1.21. The molecule has 12 heteroatoms. The van der Waals surface area contributed by atoms with E-state index >= 15 is 0 Å². The third-order valence-corrected chi connectivity index (χ3v) is 19.1. The Morgan fingerprint density at radius 1 is 0.462 bits per heavy atom. The normalized spacial score (nSPS) is 18.0. The van der Waals surface area contributed by atoms with E-state index in [1.165, 1.54) is 49.2 Å². The summed E-state index contributed by atoms with van der Waals surface area (Å²) in [4.78, 5) is 0. The van der Waals surface area contributed by atoms with Crippen LogP contribution in [0.5, 0.6) is 0 Å². The summed E-state index contributed by atoms with van der Waals surface area (Å²) < 4.78 is 14.1. The Kier molecular flexibility index (Phi) is 17.3. The van der Waals surface area contributed by atoms with Crippen LogP contribution in [0, 0.1) is 0 Å². The zero-order chi connectivity index (χ0) is 18.8. The van der Waals surface area contributed by atoms with E-state index in [1.54, 1.807) is 16.9 Å². The van der Waals surface area contributed by atoms with Crippen molar-refractivity contribution in [2.45, 2.75) is 0 Å². The topological polar surface area (TPSA) is 0 Å². The first-order chi connectivity index (χ1) is 12.7. The maximum absolute atomic E-state index is 2.48. The van der Waals surface area contributed by atoms with Crippen molar-refractivity contribution in [3.05, 3.63) is 25.4 Å². The number of thioether (sulfide) groups is 8. The Bertz CT molecular complexity index is 471. The molecule has 2 rings (SSSR count). The van der Waals surface area contributed by atoms with E-state index in [0.29, 0.717) is 0 Å². The van der Waals surface area contributed by atoms with E-state index < -0.39 is 0 Å². The molecule has 0 N–H and O–H groups in total. The molecule has 0 radical (unpaired) electrons. The summed E-state index contributed by atoms with van der Waals surface area (Å²) in [5.74, 6) is 4.86. The minimum absolute atomic E-state index is 1.21. The predicted octanol–water partition coefficient (Wildman–Crippen LogP) is 10.00. The van der Waals surface area contributed by atoms with E-state index in [9.17, 15) is 0 Å². The summed E-state index contributed by atoms with van der Waals surface area (Å²) in [6, 6.07) is 0. The van der Waals surface area contributed by atoms with Crippen LogP contribution >= 0.6 is 184 Å². The van der Waals surface area contributed by atoms with Crippen LogP contribution in [-0.4, -0.2) is 40.7 Å². The zero-order valence-corrected chi connectivity index (χ0v) is 28.6. The van der Waals surface area contributed by atoms with Crippen molar-refractivity contribution < 1.29 is 0 Å². The zero-order valence-electron chi connectivity index (χ0n) is 13.4. The van der Waals surface area contributed by atoms with Crippen LogP contribution in [0.2, 0.25) is 0 Å². The van der Waals surface area contributed by atoms with Crippen LogP contribution in [0.15, 0.2) is 25.4 Å². The second kappa shape index (κ2) is 16.5. The Hall–Kier alpha value is 4.94. The molecule has 0 aromatic carbocycles. The molecule has 2 heterocycles. The first kappa shape index (κ1) is 27.2. The molecule has 0 aromatic rings. The number of hydrogen-bond acceptors (Lipinski definition) is 8. The molecule has 0 amide bonds. The Morgan fingerprint density at radius 3 is 0.885 bits per heavy atom. The van der Waals surface area contributed by atoms with Gasteiger partial charge >= 0.3 is 0 Å². The maximum atomic E-state index is 2.48. The Morgan fingerprint density at radius 2 is 0.692 bits per heavy atom. The molecule has 0 saturated carbocycles. The Labute approximate surface area is 245 Å². The van der Waals surface area contributed by atoms with Gasteiger partial charge in [0.25, 0.3) is 0 Å². The largest absolute Gasteiger partial charge is 0.116 e. The molecular weight excluding hydrogens is 932 g/mol. The highest BCUT2D eigenvalue weighted by Gasteiger charge is 2.30. The van der Waals surface area contributed by atoms with E-state index in [0.717, 1.165) is 0 Å². The maximum Gasteiger partial charge on any atom is 0.0717 e. The van der Waals surface area contributed by atoms with Gasteiger partial charge in [-0.25, -0.2) is 0 Å². The summed E-state index contributed by atoms with van der Waals surface area (Å²) in [6.45, 7) is 0. The third kappa shape index (κ3) is 9.43. The van der Waals surface area contributed by atoms with E-state index in [2.05, 4.69) is 90.4 Å². The van der Waals surface area contributed by atoms with Gasteiger partial charge in [-0.1, -0.05) is 137 Å². The van der Waals surface area contributed by atoms with Gasteiger partial charge in [-0.05, 0) is 0 Å². The first-order valence-corrected chi connectivity index (χ1v) is 20.7. The SMILES string of the molecule is ICCSC1=C(SCCI)SC(=C2SC(SCCI)=C(SCCI)S2)S1. The molecule has 0 unspecified atom stereocenters. The highest BCUT2D eigenvalue weighted by Crippen LogP contribution is 2.66. The lowest BCUT2D eigenvalue weighted by Gasteiger charge is -2.02. The van der Waals surface area contributed by atoms with Crippen molar-refractivity contribution >= 4 is 184 Å². The summed E-state index contributed by atoms with van der Waals surface area (Å²) >= 11 is 26.2. The molecular formula is C14H16I4S8. The van der Waals surface area contributed by atoms with Crippen molar-refractivity contribution in [2.24, 2.45) is 0 Å². The number of halogens is 4. The van der Waals surface area contributed by atoms with Crippen molar-refractivity contribution in [1.82, 2.24) is 0 Å². The van der Waals surface area contributed by atoms with Gasteiger partial charge in [0.05, 0.1) is 25.4 Å². The fraction of sp³-hybridized carbons (Fsp3) is 0.571. The fourth-order valence-corrected chi connectivity index (χ4v) is 15.4. The highest BCUT2D eigenvalue weighted by atomic mass is 127. The van der Waals surface area contributed by atoms with Crippen LogP contribution in [-0.2, 0) is 0 Å². The molecule has 26 heavy (non-hydrogen) atoms. The monoisotopic (exact) mass is 948 g/mol. The number of alkyl halides is 4. The average Bonchev–Trinajstić information content (AvgIpc) is 3.25. The molecule has 0 bridgehead atoms. The first-order valence-electron chi connectivity index (χ1n) is 7.42. The molecule has 0 fully saturated rings. The molecule has 0 saturated heterocycles. The lowest BCUT2D eigenvalue weighted by atomic mass is 11.0. The van der Waals surface area contributed by atoms with Crippen molar-refractivity contribution in [3.8, 4) is 0 Å². The average molecular weight is 948 g/mol. The van der Waals surface area contributed by atoms with Crippen LogP contribution in [0.3, 0.4) is 0 Å². The predicted molar refractivity (Wildman–Crippen MR) is 177 cm³/mol. The van der Waals surface area contributed by atoms with Crippen molar-refractivity contribution in [1.29, 1.82) is 0 Å². The van der Waals surface area contributed by atoms with Crippen molar-refractivity contribution in [3.63, 3.8) is 0 Å². The molecule has 148 valence electrons. The lowest BCUT2D eigenvalue weighted by Crippen LogP contribution is -1.80. The molecule has 2 aliphatic rings. The molecule has 2 aliphatic heterocycles. The minimum Gasteiger partial charge on any atom is -0.116 e. The van der Waals surface area contributed by atoms with Crippen LogP contribution in [0.25, 0.3) is 0 Å². The molecule has 0 nitrogen and oxygen atoms in total. The highest BCUT2D eigenvalue weighted by molar-refractivity contribution is 14.1. The molecule has 0 aliphatic carbocycles. The van der Waals surface area contributed by atoms with Gasteiger partial charge in [-0.15, -0.1) is 47.0 Å². The van der Waals surface area contributed by atoms with E-state index in [4.69, 9.17) is 0 Å². The lowest BCUT2D eigenvalue weighted by molar-refractivity contribution is 1.61. The van der Waals surface area contributed by atoms with Crippen LogP contribution in [0.4, 0.5) is 0 Å². The second-order valence-electron chi connectivity index (χ2n) is 4.28. The van der Waals surface area contributed by atoms with Gasteiger partial charge in [0.2, 0.25) is 0 Å². The summed E-state index contributed by atoms with van der Waals surface area (Å²) in [5.41, 5.74) is 0. The van der Waals surface area contributed by atoms with Crippen molar-refractivity contribution in [2.75, 3.05) is 40.7 Å². The quantitative estimate of drug-likeness (QED) is 0.139. The number of hydrogen-bond donors (Lipinski definition) is 0. The molecule has 0 aromatic heterocycles. The van der Waals surface area contributed by atoms with Gasteiger partial charge in [0.15, 0.2) is 0 Å². The Balaban J connectivity index is 2.08. The van der Waals surface area contributed by atoms with E-state index in [-0.39, 0.29) is 0 Å². The van der Waals surface area contributed by atoms with Crippen LogP contribution < -0.4 is 0 Å². The fourth-order valence-electron chi connectivity index (χ4n) is 1.59. The van der Waals surface area contributed by atoms with Gasteiger partial charge in [-0.2, -0.15) is 0 Å². The van der Waals surface area contributed by atoms with Gasteiger partial charge in [0.1, 0.15) is 0 Å². The molecule has 0 atom stereocenters. The molecule has 0 spiro atoms. The van der Waals surface area contributed by atoms with Gasteiger partial charge in [-0.3, -0.25) is 0 Å². The summed E-state index contributed by atoms with van der Waals surface area (Å²) in [5, 5.41) is 0. The van der Waals surface area contributed by atoms with Crippen LogP contribution in [0.1, 0.15) is 0 Å². The van der Waals surface area contributed by atoms with E-state index in [1.807, 2.05) is 94.1 Å². The smallest absolute Gasteiger partial charge is 0.0717 e.